The van der Waals surface area contributed by atoms with Crippen LogP contribution in [0.3, 0.4) is 0 Å². The van der Waals surface area contributed by atoms with Crippen molar-refractivity contribution in [3.8, 4) is 17.2 Å². The first-order chi connectivity index (χ1) is 10.3. The molecule has 2 aromatic rings. The molecule has 0 amide bonds. The largest absolute Gasteiger partial charge is 0.507 e. The van der Waals surface area contributed by atoms with Gasteiger partial charge in [0.15, 0.2) is 0 Å². The number of phenols is 1. The average Bonchev–Trinajstić information content (AvgIpc) is 2.36. The molecule has 5 heteroatoms. The van der Waals surface area contributed by atoms with Crippen molar-refractivity contribution in [2.24, 2.45) is 0 Å². The molecular formula is C17H18O5. The minimum atomic E-state index is -1.19. The fourth-order valence-corrected chi connectivity index (χ4v) is 2.17. The number of benzene rings is 2. The molecule has 0 radical (unpaired) electrons. The third-order valence-corrected chi connectivity index (χ3v) is 3.00. The van der Waals surface area contributed by atoms with Crippen LogP contribution in [0, 0.1) is 13.8 Å². The van der Waals surface area contributed by atoms with E-state index in [4.69, 9.17) is 14.6 Å². The van der Waals surface area contributed by atoms with Crippen LogP contribution in [0.5, 0.6) is 17.2 Å². The highest BCUT2D eigenvalue weighted by Crippen LogP contribution is 2.25. The summed E-state index contributed by atoms with van der Waals surface area (Å²) in [7, 11) is 0. The van der Waals surface area contributed by atoms with E-state index in [0.29, 0.717) is 11.5 Å². The molecule has 2 N–H and O–H groups in total. The van der Waals surface area contributed by atoms with Crippen molar-refractivity contribution >= 4 is 5.97 Å². The molecule has 0 aliphatic heterocycles. The van der Waals surface area contributed by atoms with E-state index in [-0.39, 0.29) is 11.3 Å². The molecule has 0 bridgehead atoms. The van der Waals surface area contributed by atoms with E-state index >= 15 is 0 Å². The van der Waals surface area contributed by atoms with Gasteiger partial charge in [-0.15, -0.1) is 0 Å². The van der Waals surface area contributed by atoms with Gasteiger partial charge in [-0.2, -0.15) is 0 Å². The van der Waals surface area contributed by atoms with Gasteiger partial charge in [-0.05, 0) is 49.2 Å². The van der Waals surface area contributed by atoms with Crippen molar-refractivity contribution in [1.82, 2.24) is 0 Å². The standard InChI is InChI=1S/C17H18O5/c1-10-6-11(2)8-14(7-10)22-12(3)21-13-4-5-15(17(19)20)16(18)9-13/h4-9,12,18H,1-3H3,(H,19,20). The van der Waals surface area contributed by atoms with Gasteiger partial charge in [0.05, 0.1) is 0 Å². The van der Waals surface area contributed by atoms with Crippen molar-refractivity contribution in [2.45, 2.75) is 27.1 Å². The summed E-state index contributed by atoms with van der Waals surface area (Å²) >= 11 is 0. The van der Waals surface area contributed by atoms with E-state index in [2.05, 4.69) is 0 Å². The molecule has 0 heterocycles. The van der Waals surface area contributed by atoms with Crippen molar-refractivity contribution in [2.75, 3.05) is 0 Å². The number of aromatic hydroxyl groups is 1. The molecule has 1 unspecified atom stereocenters. The fraction of sp³-hybridized carbons (Fsp3) is 0.235. The molecule has 0 spiro atoms. The van der Waals surface area contributed by atoms with Crippen LogP contribution >= 0.6 is 0 Å². The lowest BCUT2D eigenvalue weighted by Crippen LogP contribution is -2.19. The number of carbonyl (C=O) groups is 1. The lowest BCUT2D eigenvalue weighted by atomic mass is 10.1. The molecule has 5 nitrogen and oxygen atoms in total. The lowest BCUT2D eigenvalue weighted by molar-refractivity contribution is 0.0221. The van der Waals surface area contributed by atoms with Gasteiger partial charge >= 0.3 is 5.97 Å². The Hall–Kier alpha value is -2.69. The number of hydrogen-bond acceptors (Lipinski definition) is 4. The van der Waals surface area contributed by atoms with Crippen LogP contribution in [0.2, 0.25) is 0 Å². The van der Waals surface area contributed by atoms with E-state index in [1.165, 1.54) is 18.2 Å². The van der Waals surface area contributed by atoms with Crippen LogP contribution in [0.25, 0.3) is 0 Å². The quantitative estimate of drug-likeness (QED) is 0.827. The summed E-state index contributed by atoms with van der Waals surface area (Å²) in [5.41, 5.74) is 2.01. The minimum Gasteiger partial charge on any atom is -0.507 e. The first-order valence-electron chi connectivity index (χ1n) is 6.83. The van der Waals surface area contributed by atoms with E-state index in [9.17, 15) is 9.90 Å². The monoisotopic (exact) mass is 302 g/mol. The summed E-state index contributed by atoms with van der Waals surface area (Å²) < 4.78 is 11.2. The van der Waals surface area contributed by atoms with Gasteiger partial charge in [-0.25, -0.2) is 4.79 Å². The highest BCUT2D eigenvalue weighted by Gasteiger charge is 2.12. The second-order valence-corrected chi connectivity index (χ2v) is 5.11. The maximum Gasteiger partial charge on any atom is 0.339 e. The Kier molecular flexibility index (Phi) is 4.56. The van der Waals surface area contributed by atoms with Crippen LogP contribution in [0.1, 0.15) is 28.4 Å². The van der Waals surface area contributed by atoms with Gasteiger partial charge in [-0.1, -0.05) is 6.07 Å². The molecule has 0 aromatic heterocycles. The summed E-state index contributed by atoms with van der Waals surface area (Å²) in [5.74, 6) is -0.511. The maximum absolute atomic E-state index is 10.8. The third-order valence-electron chi connectivity index (χ3n) is 3.00. The molecule has 2 rings (SSSR count). The molecule has 0 saturated heterocycles. The summed E-state index contributed by atoms with van der Waals surface area (Å²) in [5, 5.41) is 18.5. The molecule has 0 aliphatic rings. The summed E-state index contributed by atoms with van der Waals surface area (Å²) in [6.07, 6.45) is -0.587. The van der Waals surface area contributed by atoms with Crippen LogP contribution in [-0.2, 0) is 0 Å². The Morgan fingerprint density at radius 3 is 2.14 bits per heavy atom. The zero-order valence-corrected chi connectivity index (χ0v) is 12.7. The van der Waals surface area contributed by atoms with Crippen LogP contribution in [-0.4, -0.2) is 22.5 Å². The number of carboxylic acid groups (broad SMARTS) is 1. The summed E-state index contributed by atoms with van der Waals surface area (Å²) in [4.78, 5) is 10.8. The number of ether oxygens (including phenoxy) is 2. The number of rotatable bonds is 5. The highest BCUT2D eigenvalue weighted by atomic mass is 16.7. The minimum absolute atomic E-state index is 0.171. The molecule has 116 valence electrons. The molecule has 1 atom stereocenters. The van der Waals surface area contributed by atoms with Crippen LogP contribution < -0.4 is 9.47 Å². The summed E-state index contributed by atoms with van der Waals surface area (Å²) in [6, 6.07) is 9.86. The zero-order valence-electron chi connectivity index (χ0n) is 12.7. The van der Waals surface area contributed by atoms with Crippen molar-refractivity contribution in [1.29, 1.82) is 0 Å². The first kappa shape index (κ1) is 15.7. The topological polar surface area (TPSA) is 76.0 Å². The van der Waals surface area contributed by atoms with Gasteiger partial charge in [0, 0.05) is 13.0 Å². The van der Waals surface area contributed by atoms with E-state index in [0.717, 1.165) is 11.1 Å². The normalized spacial score (nSPS) is 11.8. The van der Waals surface area contributed by atoms with E-state index in [1.54, 1.807) is 6.92 Å². The van der Waals surface area contributed by atoms with Gasteiger partial charge in [0.2, 0.25) is 6.29 Å². The predicted molar refractivity (Wildman–Crippen MR) is 81.7 cm³/mol. The number of carboxylic acids is 1. The zero-order chi connectivity index (χ0) is 16.3. The third kappa shape index (κ3) is 3.91. The Balaban J connectivity index is 2.07. The van der Waals surface area contributed by atoms with E-state index < -0.39 is 12.3 Å². The average molecular weight is 302 g/mol. The van der Waals surface area contributed by atoms with Crippen molar-refractivity contribution < 1.29 is 24.5 Å². The Morgan fingerprint density at radius 1 is 1.00 bits per heavy atom. The smallest absolute Gasteiger partial charge is 0.339 e. The van der Waals surface area contributed by atoms with E-state index in [1.807, 2.05) is 32.0 Å². The number of aryl methyl sites for hydroxylation is 2. The Morgan fingerprint density at radius 2 is 1.59 bits per heavy atom. The van der Waals surface area contributed by atoms with Gasteiger partial charge in [-0.3, -0.25) is 0 Å². The first-order valence-corrected chi connectivity index (χ1v) is 6.83. The van der Waals surface area contributed by atoms with Crippen LogP contribution in [0.15, 0.2) is 36.4 Å². The molecule has 0 aliphatic carbocycles. The van der Waals surface area contributed by atoms with Gasteiger partial charge < -0.3 is 19.7 Å². The van der Waals surface area contributed by atoms with Gasteiger partial charge in [0.25, 0.3) is 0 Å². The maximum atomic E-state index is 10.8. The molecule has 22 heavy (non-hydrogen) atoms. The highest BCUT2D eigenvalue weighted by molar-refractivity contribution is 5.90. The van der Waals surface area contributed by atoms with Crippen LogP contribution in [0.4, 0.5) is 0 Å². The number of hydrogen-bond donors (Lipinski definition) is 2. The molecule has 2 aromatic carbocycles. The molecule has 0 saturated carbocycles. The molecule has 0 fully saturated rings. The predicted octanol–water partition coefficient (Wildman–Crippen LogP) is 3.51. The fourth-order valence-electron chi connectivity index (χ4n) is 2.17. The lowest BCUT2D eigenvalue weighted by Gasteiger charge is -2.17. The number of aromatic carboxylic acids is 1. The van der Waals surface area contributed by atoms with Crippen molar-refractivity contribution in [3.63, 3.8) is 0 Å². The second kappa shape index (κ2) is 6.39. The Labute approximate surface area is 128 Å². The second-order valence-electron chi connectivity index (χ2n) is 5.11. The van der Waals surface area contributed by atoms with Gasteiger partial charge in [0.1, 0.15) is 22.8 Å². The van der Waals surface area contributed by atoms with Crippen molar-refractivity contribution in [3.05, 3.63) is 53.1 Å². The molecular weight excluding hydrogens is 284 g/mol. The SMILES string of the molecule is Cc1cc(C)cc(OC(C)Oc2ccc(C(=O)O)c(O)c2)c1. The summed E-state index contributed by atoms with van der Waals surface area (Å²) in [6.45, 7) is 5.68. The Bertz CT molecular complexity index is 673.